The highest BCUT2D eigenvalue weighted by Gasteiger charge is 2.45. The fourth-order valence-electron chi connectivity index (χ4n) is 5.52. The van der Waals surface area contributed by atoms with Crippen molar-refractivity contribution in [3.8, 4) is 0 Å². The number of para-hydroxylation sites is 1. The van der Waals surface area contributed by atoms with E-state index >= 15 is 0 Å². The van der Waals surface area contributed by atoms with E-state index in [9.17, 15) is 14.7 Å². The van der Waals surface area contributed by atoms with Crippen LogP contribution < -0.4 is 0 Å². The molecule has 3 atom stereocenters. The van der Waals surface area contributed by atoms with Gasteiger partial charge in [-0.15, -0.1) is 0 Å². The number of aliphatic hydroxyl groups is 1. The van der Waals surface area contributed by atoms with Crippen molar-refractivity contribution in [2.75, 3.05) is 0 Å². The highest BCUT2D eigenvalue weighted by molar-refractivity contribution is 6.16. The first kappa shape index (κ1) is 17.7. The summed E-state index contributed by atoms with van der Waals surface area (Å²) in [5, 5.41) is 12.4. The molecule has 6 rings (SSSR count). The first-order valence-electron chi connectivity index (χ1n) is 10.5. The fraction of sp³-hybridized carbons (Fsp3) is 0.280. The number of rotatable bonds is 2. The molecule has 0 spiro atoms. The summed E-state index contributed by atoms with van der Waals surface area (Å²) in [6.45, 7) is 2.75. The van der Waals surface area contributed by atoms with Gasteiger partial charge in [0.1, 0.15) is 11.6 Å². The molecule has 0 radical (unpaired) electrons. The van der Waals surface area contributed by atoms with Gasteiger partial charge in [-0.25, -0.2) is 0 Å². The lowest BCUT2D eigenvalue weighted by Crippen LogP contribution is -2.14. The number of carbonyl (C=O) groups is 2. The van der Waals surface area contributed by atoms with Crippen LogP contribution in [0.1, 0.15) is 53.0 Å². The number of aryl methyl sites for hydroxylation is 2. The first-order chi connectivity index (χ1) is 14.5. The summed E-state index contributed by atoms with van der Waals surface area (Å²) in [4.78, 5) is 29.4. The Morgan fingerprint density at radius 2 is 1.80 bits per heavy atom. The van der Waals surface area contributed by atoms with Crippen molar-refractivity contribution in [1.82, 2.24) is 9.55 Å². The maximum atomic E-state index is 13.1. The number of H-pyrrole nitrogens is 1. The predicted molar refractivity (Wildman–Crippen MR) is 115 cm³/mol. The summed E-state index contributed by atoms with van der Waals surface area (Å²) in [6, 6.07) is 12.0. The van der Waals surface area contributed by atoms with Crippen molar-refractivity contribution in [3.05, 3.63) is 71.0 Å². The summed E-state index contributed by atoms with van der Waals surface area (Å²) in [5.74, 6) is -1.01. The number of Topliss-reactive ketones (excluding diaryl/α,β-unsaturated/α-hetero) is 2. The molecule has 0 bridgehead atoms. The quantitative estimate of drug-likeness (QED) is 0.495. The minimum Gasteiger partial charge on any atom is -0.388 e. The lowest BCUT2D eigenvalue weighted by molar-refractivity contribution is -0.122. The van der Waals surface area contributed by atoms with Gasteiger partial charge < -0.3 is 14.7 Å². The summed E-state index contributed by atoms with van der Waals surface area (Å²) in [5.41, 5.74) is 5.84. The van der Waals surface area contributed by atoms with Gasteiger partial charge in [0.25, 0.3) is 0 Å². The molecule has 0 saturated heterocycles. The molecule has 150 valence electrons. The Balaban J connectivity index is 1.57. The van der Waals surface area contributed by atoms with Crippen LogP contribution in [0.3, 0.4) is 0 Å². The number of nitrogens with one attached hydrogen (secondary N) is 1. The molecule has 5 nitrogen and oxygen atoms in total. The predicted octanol–water partition coefficient (Wildman–Crippen LogP) is 4.28. The van der Waals surface area contributed by atoms with Crippen molar-refractivity contribution in [2.45, 2.75) is 44.2 Å². The molecular weight excluding hydrogens is 376 g/mol. The lowest BCUT2D eigenvalue weighted by atomic mass is 9.82. The second-order valence-corrected chi connectivity index (χ2v) is 8.68. The average Bonchev–Trinajstić information content (AvgIpc) is 3.38. The van der Waals surface area contributed by atoms with Gasteiger partial charge in [-0.2, -0.15) is 0 Å². The Hall–Kier alpha value is -3.18. The number of ketones is 2. The van der Waals surface area contributed by atoms with Gasteiger partial charge in [0.05, 0.1) is 29.9 Å². The summed E-state index contributed by atoms with van der Waals surface area (Å²) in [7, 11) is 0. The molecule has 1 aliphatic carbocycles. The molecule has 2 aliphatic rings. The first-order valence-corrected chi connectivity index (χ1v) is 10.5. The van der Waals surface area contributed by atoms with Crippen LogP contribution in [0.5, 0.6) is 0 Å². The zero-order valence-corrected chi connectivity index (χ0v) is 16.7. The molecule has 3 heterocycles. The van der Waals surface area contributed by atoms with Crippen molar-refractivity contribution < 1.29 is 14.7 Å². The molecule has 2 aromatic heterocycles. The third-order valence-corrected chi connectivity index (χ3v) is 6.88. The third kappa shape index (κ3) is 2.33. The highest BCUT2D eigenvalue weighted by atomic mass is 16.3. The van der Waals surface area contributed by atoms with Gasteiger partial charge in [-0.05, 0) is 36.1 Å². The molecule has 2 aromatic carbocycles. The van der Waals surface area contributed by atoms with Crippen molar-refractivity contribution >= 4 is 33.4 Å². The molecule has 5 heteroatoms. The normalized spacial score (nSPS) is 23.7. The topological polar surface area (TPSA) is 75.1 Å². The van der Waals surface area contributed by atoms with Gasteiger partial charge in [0.15, 0.2) is 0 Å². The number of aromatic amines is 1. The number of aliphatic hydroxyl groups excluding tert-OH is 1. The number of fused-ring (bicyclic) bond motifs is 1. The third-order valence-electron chi connectivity index (χ3n) is 6.88. The van der Waals surface area contributed by atoms with E-state index in [0.717, 1.165) is 44.1 Å². The van der Waals surface area contributed by atoms with E-state index in [0.29, 0.717) is 13.0 Å². The van der Waals surface area contributed by atoms with Crippen molar-refractivity contribution in [1.29, 1.82) is 0 Å². The second kappa shape index (κ2) is 6.16. The molecule has 4 aromatic rings. The second-order valence-electron chi connectivity index (χ2n) is 8.68. The molecule has 1 unspecified atom stereocenters. The summed E-state index contributed by atoms with van der Waals surface area (Å²) < 4.78 is 2.14. The molecule has 1 aliphatic heterocycles. The van der Waals surface area contributed by atoms with E-state index in [1.807, 2.05) is 49.6 Å². The Bertz CT molecular complexity index is 1360. The summed E-state index contributed by atoms with van der Waals surface area (Å²) in [6.07, 6.45) is 4.07. The van der Waals surface area contributed by atoms with Crippen molar-refractivity contribution in [3.63, 3.8) is 0 Å². The van der Waals surface area contributed by atoms with E-state index in [1.165, 1.54) is 0 Å². The number of benzene rings is 2. The van der Waals surface area contributed by atoms with Crippen LogP contribution in [0.2, 0.25) is 0 Å². The number of nitrogens with zero attached hydrogens (tertiary/aromatic N) is 1. The van der Waals surface area contributed by atoms with E-state index in [4.69, 9.17) is 0 Å². The van der Waals surface area contributed by atoms with E-state index in [1.54, 1.807) is 0 Å². The number of hydrogen-bond acceptors (Lipinski definition) is 3. The minimum absolute atomic E-state index is 0.0153. The molecule has 1 fully saturated rings. The van der Waals surface area contributed by atoms with E-state index < -0.39 is 17.9 Å². The van der Waals surface area contributed by atoms with Crippen LogP contribution in [0.4, 0.5) is 0 Å². The van der Waals surface area contributed by atoms with Crippen LogP contribution in [0.15, 0.2) is 48.8 Å². The monoisotopic (exact) mass is 398 g/mol. The van der Waals surface area contributed by atoms with Crippen molar-refractivity contribution in [2.24, 2.45) is 0 Å². The van der Waals surface area contributed by atoms with Gasteiger partial charge in [-0.1, -0.05) is 30.3 Å². The largest absolute Gasteiger partial charge is 0.388 e. The zero-order chi connectivity index (χ0) is 20.6. The van der Waals surface area contributed by atoms with Gasteiger partial charge >= 0.3 is 0 Å². The van der Waals surface area contributed by atoms with E-state index in [2.05, 4.69) is 15.6 Å². The van der Waals surface area contributed by atoms with Crippen LogP contribution in [-0.4, -0.2) is 26.2 Å². The van der Waals surface area contributed by atoms with Crippen LogP contribution in [0, 0.1) is 6.92 Å². The smallest absolute Gasteiger partial charge is 0.148 e. The highest BCUT2D eigenvalue weighted by Crippen LogP contribution is 2.47. The molecule has 0 amide bonds. The maximum absolute atomic E-state index is 13.1. The average molecular weight is 398 g/mol. The Labute approximate surface area is 173 Å². The molecule has 30 heavy (non-hydrogen) atoms. The van der Waals surface area contributed by atoms with Gasteiger partial charge in [-0.3, -0.25) is 9.59 Å². The Morgan fingerprint density at radius 1 is 1.00 bits per heavy atom. The maximum Gasteiger partial charge on any atom is 0.148 e. The molecule has 1 saturated carbocycles. The molecular formula is C25H22N2O3. The Kier molecular flexibility index (Phi) is 3.63. The zero-order valence-electron chi connectivity index (χ0n) is 16.7. The van der Waals surface area contributed by atoms with E-state index in [-0.39, 0.29) is 18.0 Å². The standard InChI is InChI=1S/C25H22N2O3/c1-13-5-6-14-17(11-26-19(14)9-13)23-21(29)10-22(30)24(23)18-12-27-8-7-20(28)16-4-2-3-15(18)25(16)27/h2-6,9,11-12,20,23-24,26,28H,7-8,10H2,1H3/t20?,23-,24-/m1/s1. The minimum atomic E-state index is -0.493. The Morgan fingerprint density at radius 3 is 2.63 bits per heavy atom. The lowest BCUT2D eigenvalue weighted by Gasteiger charge is -2.20. The van der Waals surface area contributed by atoms with Crippen LogP contribution in [0.25, 0.3) is 21.8 Å². The van der Waals surface area contributed by atoms with Crippen LogP contribution in [-0.2, 0) is 16.1 Å². The molecule has 2 N–H and O–H groups in total. The summed E-state index contributed by atoms with van der Waals surface area (Å²) >= 11 is 0. The van der Waals surface area contributed by atoms with Gasteiger partial charge in [0.2, 0.25) is 0 Å². The van der Waals surface area contributed by atoms with Crippen LogP contribution >= 0.6 is 0 Å². The fourth-order valence-corrected chi connectivity index (χ4v) is 5.52. The number of hydrogen-bond donors (Lipinski definition) is 2. The number of aromatic nitrogens is 2. The number of carbonyl (C=O) groups excluding carboxylic acids is 2. The van der Waals surface area contributed by atoms with Gasteiger partial charge in [0, 0.05) is 40.8 Å². The SMILES string of the molecule is Cc1ccc2c([C@@H]3C(=O)CC(=O)[C@H]3c3cn4c5c(cccc35)C(O)CC4)c[nH]c2c1.